The summed E-state index contributed by atoms with van der Waals surface area (Å²) in [6.07, 6.45) is 1.41. The second-order valence-corrected chi connectivity index (χ2v) is 10.1. The van der Waals surface area contributed by atoms with Gasteiger partial charge in [-0.2, -0.15) is 0 Å². The molecule has 0 aliphatic heterocycles. The molecule has 2 aromatic rings. The third-order valence-corrected chi connectivity index (χ3v) is 7.85. The molecular formula is C26H25NO8. The van der Waals surface area contributed by atoms with Gasteiger partial charge in [0.1, 0.15) is 11.5 Å². The molecule has 35 heavy (non-hydrogen) atoms. The summed E-state index contributed by atoms with van der Waals surface area (Å²) in [5.74, 6) is -9.87. The summed E-state index contributed by atoms with van der Waals surface area (Å²) in [7, 11) is 0. The Kier molecular flexibility index (Phi) is 5.10. The second kappa shape index (κ2) is 7.71. The fourth-order valence-electron chi connectivity index (χ4n) is 6.20. The van der Waals surface area contributed by atoms with Crippen molar-refractivity contribution >= 4 is 29.0 Å². The summed E-state index contributed by atoms with van der Waals surface area (Å²) in [4.78, 5) is 64.6. The standard InChI is InChI=1S/C26H25NO8/c1-10(2)13-9-15(17-4-3-5-35-17)21(29)19-14(13)7-11-6-12-8-16(28)20(25(27)33)24(32)26(12,34)23(31)18(11)22(19)30/h3-5,9-12,18,20,29,34H,6-8H2,1-2H3,(H2,27,33)/t11-,12+,18?,20?,26+/m1/s1. The highest BCUT2D eigenvalue weighted by atomic mass is 16.3. The van der Waals surface area contributed by atoms with E-state index in [1.54, 1.807) is 18.2 Å². The zero-order chi connectivity index (χ0) is 25.4. The molecule has 2 saturated carbocycles. The van der Waals surface area contributed by atoms with Crippen molar-refractivity contribution in [1.82, 2.24) is 0 Å². The van der Waals surface area contributed by atoms with Gasteiger partial charge in [0.05, 0.1) is 23.3 Å². The van der Waals surface area contributed by atoms with Gasteiger partial charge >= 0.3 is 0 Å². The van der Waals surface area contributed by atoms with E-state index in [1.165, 1.54) is 6.26 Å². The molecule has 0 spiro atoms. The van der Waals surface area contributed by atoms with Gasteiger partial charge < -0.3 is 20.4 Å². The number of phenolic OH excluding ortho intramolecular Hbond substituents is 1. The van der Waals surface area contributed by atoms with Crippen LogP contribution in [0.4, 0.5) is 0 Å². The summed E-state index contributed by atoms with van der Waals surface area (Å²) < 4.78 is 5.44. The minimum atomic E-state index is -2.66. The van der Waals surface area contributed by atoms with Crippen LogP contribution < -0.4 is 5.73 Å². The number of ketones is 4. The highest BCUT2D eigenvalue weighted by Gasteiger charge is 2.66. The van der Waals surface area contributed by atoms with E-state index in [1.807, 2.05) is 13.8 Å². The second-order valence-electron chi connectivity index (χ2n) is 10.1. The average Bonchev–Trinajstić information content (AvgIpc) is 3.30. The maximum atomic E-state index is 13.8. The number of aromatic hydroxyl groups is 1. The normalized spacial score (nSPS) is 30.2. The van der Waals surface area contributed by atoms with Crippen molar-refractivity contribution < 1.29 is 38.6 Å². The molecule has 9 nitrogen and oxygen atoms in total. The number of phenols is 1. The third kappa shape index (κ3) is 3.07. The maximum absolute atomic E-state index is 13.8. The molecule has 3 aliphatic carbocycles. The average molecular weight is 479 g/mol. The van der Waals surface area contributed by atoms with Gasteiger partial charge in [0.25, 0.3) is 0 Å². The minimum absolute atomic E-state index is 0.0206. The molecule has 1 heterocycles. The molecule has 0 saturated heterocycles. The lowest BCUT2D eigenvalue weighted by Gasteiger charge is -2.48. The minimum Gasteiger partial charge on any atom is -0.506 e. The Morgan fingerprint density at radius 1 is 1.17 bits per heavy atom. The van der Waals surface area contributed by atoms with Crippen molar-refractivity contribution in [3.05, 3.63) is 41.2 Å². The molecule has 4 N–H and O–H groups in total. The Balaban J connectivity index is 1.66. The SMILES string of the molecule is CC(C)c1cc(-c2ccco2)c(O)c2c1C[C@H]1C[C@H]3CC(=O)C(C(N)=O)C(=O)[C@@]3(O)C(=O)C1C2=O. The topological polar surface area (TPSA) is 165 Å². The lowest BCUT2D eigenvalue weighted by molar-refractivity contribution is -0.175. The number of rotatable bonds is 3. The third-order valence-electron chi connectivity index (χ3n) is 7.85. The van der Waals surface area contributed by atoms with Crippen molar-refractivity contribution in [2.24, 2.45) is 29.4 Å². The fourth-order valence-corrected chi connectivity index (χ4v) is 6.20. The van der Waals surface area contributed by atoms with Crippen LogP contribution in [-0.4, -0.2) is 44.9 Å². The molecule has 2 unspecified atom stereocenters. The molecule has 182 valence electrons. The maximum Gasteiger partial charge on any atom is 0.235 e. The van der Waals surface area contributed by atoms with Crippen LogP contribution >= 0.6 is 0 Å². The molecular weight excluding hydrogens is 454 g/mol. The largest absolute Gasteiger partial charge is 0.506 e. The molecule has 1 amide bonds. The number of Topliss-reactive ketones (excluding diaryl/α,β-unsaturated/α-hetero) is 4. The van der Waals surface area contributed by atoms with E-state index in [9.17, 15) is 34.2 Å². The Hall–Kier alpha value is -3.59. The van der Waals surface area contributed by atoms with Gasteiger partial charge in [-0.25, -0.2) is 0 Å². The number of primary amides is 1. The highest BCUT2D eigenvalue weighted by Crippen LogP contribution is 2.52. The molecule has 3 aliphatic rings. The number of fused-ring (bicyclic) bond motifs is 3. The van der Waals surface area contributed by atoms with Gasteiger partial charge in [-0.15, -0.1) is 0 Å². The van der Waals surface area contributed by atoms with E-state index < -0.39 is 58.3 Å². The molecule has 5 atom stereocenters. The first-order valence-electron chi connectivity index (χ1n) is 11.6. The predicted molar refractivity (Wildman–Crippen MR) is 120 cm³/mol. The lowest BCUT2D eigenvalue weighted by atomic mass is 9.53. The first-order valence-corrected chi connectivity index (χ1v) is 11.6. The zero-order valence-electron chi connectivity index (χ0n) is 19.2. The number of benzene rings is 1. The monoisotopic (exact) mass is 479 g/mol. The van der Waals surface area contributed by atoms with Crippen molar-refractivity contribution in [3.8, 4) is 17.1 Å². The molecule has 1 aromatic heterocycles. The zero-order valence-corrected chi connectivity index (χ0v) is 19.2. The number of aliphatic hydroxyl groups is 1. The van der Waals surface area contributed by atoms with Crippen LogP contribution in [0.15, 0.2) is 28.9 Å². The summed E-state index contributed by atoms with van der Waals surface area (Å²) >= 11 is 0. The van der Waals surface area contributed by atoms with E-state index >= 15 is 0 Å². The van der Waals surface area contributed by atoms with E-state index in [0.717, 1.165) is 5.56 Å². The van der Waals surface area contributed by atoms with Crippen LogP contribution in [-0.2, 0) is 25.6 Å². The number of hydrogen-bond donors (Lipinski definition) is 3. The summed E-state index contributed by atoms with van der Waals surface area (Å²) in [6, 6.07) is 5.06. The Bertz CT molecular complexity index is 1310. The Morgan fingerprint density at radius 3 is 2.49 bits per heavy atom. The molecule has 0 bridgehead atoms. The van der Waals surface area contributed by atoms with E-state index in [4.69, 9.17) is 10.2 Å². The van der Waals surface area contributed by atoms with Crippen LogP contribution in [0.1, 0.15) is 54.1 Å². The first-order chi connectivity index (χ1) is 16.5. The highest BCUT2D eigenvalue weighted by molar-refractivity contribution is 6.31. The van der Waals surface area contributed by atoms with Gasteiger partial charge in [-0.1, -0.05) is 13.8 Å². The van der Waals surface area contributed by atoms with Gasteiger partial charge in [0, 0.05) is 12.3 Å². The van der Waals surface area contributed by atoms with E-state index in [2.05, 4.69) is 0 Å². The fraction of sp³-hybridized carbons (Fsp3) is 0.423. The Labute approximate surface area is 200 Å². The smallest absolute Gasteiger partial charge is 0.235 e. The molecule has 2 fully saturated rings. The summed E-state index contributed by atoms with van der Waals surface area (Å²) in [5, 5.41) is 22.4. The Morgan fingerprint density at radius 2 is 1.89 bits per heavy atom. The van der Waals surface area contributed by atoms with Gasteiger partial charge in [0.15, 0.2) is 34.7 Å². The number of carbonyl (C=O) groups excluding carboxylic acids is 5. The van der Waals surface area contributed by atoms with Gasteiger partial charge in [-0.3, -0.25) is 24.0 Å². The molecule has 1 aromatic carbocycles. The van der Waals surface area contributed by atoms with E-state index in [0.29, 0.717) is 16.9 Å². The van der Waals surface area contributed by atoms with Gasteiger partial charge in [-0.05, 0) is 54.0 Å². The van der Waals surface area contributed by atoms with Crippen LogP contribution in [0.3, 0.4) is 0 Å². The van der Waals surface area contributed by atoms with Crippen LogP contribution in [0, 0.1) is 23.7 Å². The number of amides is 1. The molecule has 5 rings (SSSR count). The summed E-state index contributed by atoms with van der Waals surface area (Å²) in [5.41, 5.74) is 4.26. The van der Waals surface area contributed by atoms with Crippen LogP contribution in [0.5, 0.6) is 5.75 Å². The van der Waals surface area contributed by atoms with Gasteiger partial charge in [0.2, 0.25) is 5.91 Å². The van der Waals surface area contributed by atoms with Crippen molar-refractivity contribution in [1.29, 1.82) is 0 Å². The predicted octanol–water partition coefficient (Wildman–Crippen LogP) is 1.71. The number of carbonyl (C=O) groups is 5. The van der Waals surface area contributed by atoms with E-state index in [-0.39, 0.29) is 36.5 Å². The van der Waals surface area contributed by atoms with Crippen molar-refractivity contribution in [2.45, 2.75) is 44.6 Å². The van der Waals surface area contributed by atoms with Crippen molar-refractivity contribution in [3.63, 3.8) is 0 Å². The molecule has 9 heteroatoms. The molecule has 0 radical (unpaired) electrons. The first kappa shape index (κ1) is 23.2. The number of furan rings is 1. The number of hydrogen-bond acceptors (Lipinski definition) is 8. The quantitative estimate of drug-likeness (QED) is 0.560. The van der Waals surface area contributed by atoms with Crippen LogP contribution in [0.25, 0.3) is 11.3 Å². The number of nitrogens with two attached hydrogens (primary N) is 1. The summed E-state index contributed by atoms with van der Waals surface area (Å²) in [6.45, 7) is 3.89. The lowest BCUT2D eigenvalue weighted by Crippen LogP contribution is -2.68. The van der Waals surface area contributed by atoms with Crippen molar-refractivity contribution in [2.75, 3.05) is 0 Å². The van der Waals surface area contributed by atoms with Crippen LogP contribution in [0.2, 0.25) is 0 Å².